The molecule has 0 amide bonds. The molecule has 1 fully saturated rings. The molecule has 18 heavy (non-hydrogen) atoms. The maximum absolute atomic E-state index is 12.3. The molecule has 1 saturated heterocycles. The fourth-order valence-electron chi connectivity index (χ4n) is 2.50. The van der Waals surface area contributed by atoms with Crippen molar-refractivity contribution in [1.29, 1.82) is 0 Å². The Kier molecular flexibility index (Phi) is 4.25. The van der Waals surface area contributed by atoms with E-state index < -0.39 is 5.41 Å². The summed E-state index contributed by atoms with van der Waals surface area (Å²) in [5.41, 5.74) is 0.477. The van der Waals surface area contributed by atoms with E-state index in [2.05, 4.69) is 0 Å². The molecule has 4 heteroatoms. The van der Waals surface area contributed by atoms with Gasteiger partial charge in [-0.05, 0) is 30.5 Å². The second-order valence-electron chi connectivity index (χ2n) is 4.48. The molecule has 0 bridgehead atoms. The van der Waals surface area contributed by atoms with Gasteiger partial charge in [0.05, 0.1) is 18.4 Å². The van der Waals surface area contributed by atoms with Gasteiger partial charge in [-0.15, -0.1) is 11.6 Å². The van der Waals surface area contributed by atoms with E-state index in [1.165, 1.54) is 0 Å². The van der Waals surface area contributed by atoms with Crippen molar-refractivity contribution in [2.45, 2.75) is 18.3 Å². The minimum absolute atomic E-state index is 0.0389. The summed E-state index contributed by atoms with van der Waals surface area (Å²) in [5, 5.41) is 0. The van der Waals surface area contributed by atoms with Crippen LogP contribution in [0.25, 0.3) is 0 Å². The van der Waals surface area contributed by atoms with Crippen LogP contribution in [0.5, 0.6) is 5.75 Å². The molecule has 2 rings (SSSR count). The van der Waals surface area contributed by atoms with E-state index in [1.54, 1.807) is 7.11 Å². The molecule has 0 aromatic heterocycles. The van der Waals surface area contributed by atoms with E-state index in [1.807, 2.05) is 24.3 Å². The number of rotatable bonds is 4. The maximum atomic E-state index is 12.3. The Labute approximate surface area is 112 Å². The number of ether oxygens (including phenoxy) is 2. The lowest BCUT2D eigenvalue weighted by atomic mass is 9.71. The van der Waals surface area contributed by atoms with Crippen LogP contribution in [0.4, 0.5) is 0 Å². The number of alkyl halides is 1. The van der Waals surface area contributed by atoms with Crippen LogP contribution in [-0.4, -0.2) is 32.0 Å². The first-order chi connectivity index (χ1) is 8.73. The molecular weight excluding hydrogens is 252 g/mol. The third-order valence-corrected chi connectivity index (χ3v) is 3.87. The van der Waals surface area contributed by atoms with E-state index in [-0.39, 0.29) is 11.7 Å². The lowest BCUT2D eigenvalue weighted by Crippen LogP contribution is -2.42. The monoisotopic (exact) mass is 268 g/mol. The highest BCUT2D eigenvalue weighted by molar-refractivity contribution is 6.29. The first-order valence-corrected chi connectivity index (χ1v) is 6.58. The fourth-order valence-corrected chi connectivity index (χ4v) is 2.75. The molecule has 1 aromatic rings. The SMILES string of the molecule is COc1cccc(C2(C(=O)CCl)CCOCC2)c1. The number of benzene rings is 1. The van der Waals surface area contributed by atoms with E-state index in [0.717, 1.165) is 11.3 Å². The van der Waals surface area contributed by atoms with Crippen LogP contribution in [0.1, 0.15) is 18.4 Å². The predicted molar refractivity (Wildman–Crippen MR) is 70.5 cm³/mol. The van der Waals surface area contributed by atoms with Crippen molar-refractivity contribution in [2.75, 3.05) is 26.2 Å². The Balaban J connectivity index is 2.41. The molecule has 1 aliphatic rings. The second kappa shape index (κ2) is 5.72. The van der Waals surface area contributed by atoms with E-state index in [4.69, 9.17) is 21.1 Å². The van der Waals surface area contributed by atoms with E-state index in [0.29, 0.717) is 26.1 Å². The summed E-state index contributed by atoms with van der Waals surface area (Å²) in [6.45, 7) is 1.19. The Morgan fingerprint density at radius 2 is 2.17 bits per heavy atom. The van der Waals surface area contributed by atoms with E-state index in [9.17, 15) is 4.79 Å². The normalized spacial score (nSPS) is 18.3. The van der Waals surface area contributed by atoms with Gasteiger partial charge in [-0.2, -0.15) is 0 Å². The molecule has 98 valence electrons. The maximum Gasteiger partial charge on any atom is 0.158 e. The highest BCUT2D eigenvalue weighted by atomic mass is 35.5. The molecule has 3 nitrogen and oxygen atoms in total. The van der Waals surface area contributed by atoms with Crippen molar-refractivity contribution in [2.24, 2.45) is 0 Å². The fraction of sp³-hybridized carbons (Fsp3) is 0.500. The average molecular weight is 269 g/mol. The van der Waals surface area contributed by atoms with Crippen LogP contribution in [0.2, 0.25) is 0 Å². The van der Waals surface area contributed by atoms with Crippen molar-refractivity contribution in [3.8, 4) is 5.75 Å². The van der Waals surface area contributed by atoms with Gasteiger partial charge in [0.2, 0.25) is 0 Å². The summed E-state index contributed by atoms with van der Waals surface area (Å²) in [6, 6.07) is 7.68. The molecule has 0 N–H and O–H groups in total. The lowest BCUT2D eigenvalue weighted by molar-refractivity contribution is -0.125. The topological polar surface area (TPSA) is 35.5 Å². The van der Waals surface area contributed by atoms with Crippen molar-refractivity contribution in [1.82, 2.24) is 0 Å². The van der Waals surface area contributed by atoms with Gasteiger partial charge in [0, 0.05) is 13.2 Å². The smallest absolute Gasteiger partial charge is 0.158 e. The van der Waals surface area contributed by atoms with Gasteiger partial charge in [-0.3, -0.25) is 4.79 Å². The third-order valence-electron chi connectivity index (χ3n) is 3.62. The van der Waals surface area contributed by atoms with Gasteiger partial charge in [-0.25, -0.2) is 0 Å². The highest BCUT2D eigenvalue weighted by Gasteiger charge is 2.40. The standard InChI is InChI=1S/C14H17ClO3/c1-17-12-4-2-3-11(9-12)14(13(16)10-15)5-7-18-8-6-14/h2-4,9H,5-8,10H2,1H3. The third kappa shape index (κ3) is 2.38. The zero-order chi connectivity index (χ0) is 13.0. The van der Waals surface area contributed by atoms with Crippen LogP contribution >= 0.6 is 11.6 Å². The molecule has 1 aromatic carbocycles. The Hall–Kier alpha value is -1.06. The zero-order valence-corrected chi connectivity index (χ0v) is 11.2. The summed E-state index contributed by atoms with van der Waals surface area (Å²) < 4.78 is 10.6. The Bertz CT molecular complexity index is 425. The minimum atomic E-state index is -0.505. The number of ketones is 1. The number of halogens is 1. The number of methoxy groups -OCH3 is 1. The van der Waals surface area contributed by atoms with Crippen molar-refractivity contribution < 1.29 is 14.3 Å². The van der Waals surface area contributed by atoms with Gasteiger partial charge >= 0.3 is 0 Å². The molecule has 1 heterocycles. The summed E-state index contributed by atoms with van der Waals surface area (Å²) in [5.74, 6) is 0.874. The predicted octanol–water partition coefficient (Wildman–Crippen LogP) is 2.55. The van der Waals surface area contributed by atoms with Gasteiger partial charge < -0.3 is 9.47 Å². The van der Waals surface area contributed by atoms with Gasteiger partial charge in [0.15, 0.2) is 5.78 Å². The molecule has 0 spiro atoms. The Morgan fingerprint density at radius 3 is 2.78 bits per heavy atom. The number of carbonyl (C=O) groups is 1. The molecule has 0 atom stereocenters. The second-order valence-corrected chi connectivity index (χ2v) is 4.75. The van der Waals surface area contributed by atoms with Crippen molar-refractivity contribution in [3.05, 3.63) is 29.8 Å². The van der Waals surface area contributed by atoms with Crippen molar-refractivity contribution in [3.63, 3.8) is 0 Å². The number of hydrogen-bond donors (Lipinski definition) is 0. The summed E-state index contributed by atoms with van der Waals surface area (Å²) in [6.07, 6.45) is 1.37. The molecule has 1 aliphatic heterocycles. The van der Waals surface area contributed by atoms with Gasteiger partial charge in [0.1, 0.15) is 5.75 Å². The quantitative estimate of drug-likeness (QED) is 0.788. The average Bonchev–Trinajstić information content (AvgIpc) is 2.47. The first kappa shape index (κ1) is 13.4. The summed E-state index contributed by atoms with van der Waals surface area (Å²) in [7, 11) is 1.62. The number of carbonyl (C=O) groups excluding carboxylic acids is 1. The van der Waals surface area contributed by atoms with Crippen LogP contribution in [0.15, 0.2) is 24.3 Å². The van der Waals surface area contributed by atoms with Crippen LogP contribution in [0.3, 0.4) is 0 Å². The number of Topliss-reactive ketones (excluding diaryl/α,β-unsaturated/α-hetero) is 1. The summed E-state index contributed by atoms with van der Waals surface area (Å²) >= 11 is 5.78. The molecular formula is C14H17ClO3. The van der Waals surface area contributed by atoms with Crippen LogP contribution in [-0.2, 0) is 14.9 Å². The van der Waals surface area contributed by atoms with Gasteiger partial charge in [-0.1, -0.05) is 12.1 Å². The molecule has 0 unspecified atom stereocenters. The van der Waals surface area contributed by atoms with Gasteiger partial charge in [0.25, 0.3) is 0 Å². The lowest BCUT2D eigenvalue weighted by Gasteiger charge is -2.36. The minimum Gasteiger partial charge on any atom is -0.497 e. The summed E-state index contributed by atoms with van der Waals surface area (Å²) in [4.78, 5) is 12.3. The molecule has 0 saturated carbocycles. The van der Waals surface area contributed by atoms with Crippen LogP contribution in [0, 0.1) is 0 Å². The molecule has 0 aliphatic carbocycles. The van der Waals surface area contributed by atoms with Crippen molar-refractivity contribution >= 4 is 17.4 Å². The molecule has 0 radical (unpaired) electrons. The Morgan fingerprint density at radius 1 is 1.44 bits per heavy atom. The van der Waals surface area contributed by atoms with E-state index >= 15 is 0 Å². The largest absolute Gasteiger partial charge is 0.497 e. The number of hydrogen-bond acceptors (Lipinski definition) is 3. The van der Waals surface area contributed by atoms with Crippen LogP contribution < -0.4 is 4.74 Å². The first-order valence-electron chi connectivity index (χ1n) is 6.04. The zero-order valence-electron chi connectivity index (χ0n) is 10.4. The highest BCUT2D eigenvalue weighted by Crippen LogP contribution is 2.37.